The molecule has 2 fully saturated rings. The summed E-state index contributed by atoms with van der Waals surface area (Å²) >= 11 is 0. The zero-order chi connectivity index (χ0) is 24.1. The molecular formula is C26H32F3N3O2. The Kier molecular flexibility index (Phi) is 7.91. The first-order chi connectivity index (χ1) is 16.4. The summed E-state index contributed by atoms with van der Waals surface area (Å²) in [4.78, 5) is 17.0. The van der Waals surface area contributed by atoms with E-state index in [0.29, 0.717) is 25.4 Å². The Morgan fingerprint density at radius 1 is 1.06 bits per heavy atom. The quantitative estimate of drug-likeness (QED) is 0.598. The minimum atomic E-state index is -1.61. The number of benzene rings is 2. The third kappa shape index (κ3) is 5.79. The fraction of sp³-hybridized carbons (Fsp3) is 0.500. The molecule has 4 rings (SSSR count). The number of nitrogens with one attached hydrogen (secondary N) is 1. The van der Waals surface area contributed by atoms with E-state index < -0.39 is 29.0 Å². The number of aliphatic hydroxyl groups is 1. The van der Waals surface area contributed by atoms with Gasteiger partial charge in [-0.05, 0) is 69.8 Å². The van der Waals surface area contributed by atoms with Crippen molar-refractivity contribution in [1.82, 2.24) is 10.2 Å². The maximum Gasteiger partial charge on any atom is 0.259 e. The van der Waals surface area contributed by atoms with Crippen LogP contribution >= 0.6 is 0 Å². The van der Waals surface area contributed by atoms with Crippen molar-refractivity contribution < 1.29 is 23.1 Å². The molecule has 0 atom stereocenters. The van der Waals surface area contributed by atoms with E-state index in [9.17, 15) is 23.1 Å². The summed E-state index contributed by atoms with van der Waals surface area (Å²) in [6, 6.07) is 12.0. The van der Waals surface area contributed by atoms with E-state index in [1.165, 1.54) is 10.5 Å². The van der Waals surface area contributed by atoms with Gasteiger partial charge in [0.25, 0.3) is 5.91 Å². The van der Waals surface area contributed by atoms with Crippen LogP contribution in [0.5, 0.6) is 0 Å². The number of likely N-dealkylation sites (tertiary alicyclic amines) is 1. The van der Waals surface area contributed by atoms with Gasteiger partial charge in [0.1, 0.15) is 5.60 Å². The third-order valence-corrected chi connectivity index (χ3v) is 7.07. The molecule has 2 aromatic carbocycles. The van der Waals surface area contributed by atoms with Gasteiger partial charge in [-0.2, -0.15) is 0 Å². The van der Waals surface area contributed by atoms with Crippen LogP contribution in [0.15, 0.2) is 42.5 Å². The molecule has 0 radical (unpaired) electrons. The summed E-state index contributed by atoms with van der Waals surface area (Å²) in [7, 11) is 0. The van der Waals surface area contributed by atoms with Crippen molar-refractivity contribution >= 4 is 11.6 Å². The van der Waals surface area contributed by atoms with E-state index in [1.807, 2.05) is 18.2 Å². The minimum Gasteiger partial charge on any atom is -0.380 e. The predicted octanol–water partition coefficient (Wildman–Crippen LogP) is 3.85. The lowest BCUT2D eigenvalue weighted by atomic mass is 9.89. The molecule has 8 heteroatoms. The van der Waals surface area contributed by atoms with Crippen molar-refractivity contribution in [2.24, 2.45) is 5.92 Å². The number of rotatable bonds is 7. The number of carbonyl (C=O) groups excluding carboxylic acids is 1. The summed E-state index contributed by atoms with van der Waals surface area (Å²) < 4.78 is 41.5. The normalized spacial score (nSPS) is 19.2. The Hall–Kier alpha value is -2.42. The van der Waals surface area contributed by atoms with Crippen LogP contribution in [0.4, 0.5) is 18.9 Å². The van der Waals surface area contributed by atoms with Crippen LogP contribution < -0.4 is 10.2 Å². The summed E-state index contributed by atoms with van der Waals surface area (Å²) in [5.41, 5.74) is -0.394. The molecule has 0 bridgehead atoms. The Bertz CT molecular complexity index is 952. The Morgan fingerprint density at radius 3 is 2.29 bits per heavy atom. The number of halogens is 3. The number of amides is 1. The predicted molar refractivity (Wildman–Crippen MR) is 125 cm³/mol. The lowest BCUT2D eigenvalue weighted by Crippen LogP contribution is -2.55. The highest BCUT2D eigenvalue weighted by molar-refractivity contribution is 5.99. The number of carbonyl (C=O) groups is 1. The standard InChI is InChI=1S/C26H32F3N3O2/c27-22-16-21(17-23(28)24(22)29)32(25(33)26(34)9-11-30-12-10-26)15-8-19-6-13-31(14-7-19)18-20-4-2-1-3-5-20/h1-5,16-17,19,30,34H,6-15,18H2. The fourth-order valence-electron chi connectivity index (χ4n) is 4.94. The first-order valence-corrected chi connectivity index (χ1v) is 12.0. The van der Waals surface area contributed by atoms with Gasteiger partial charge in [0.15, 0.2) is 17.5 Å². The summed E-state index contributed by atoms with van der Waals surface area (Å²) in [6.45, 7) is 3.92. The fourth-order valence-corrected chi connectivity index (χ4v) is 4.94. The van der Waals surface area contributed by atoms with Crippen molar-refractivity contribution in [3.8, 4) is 0 Å². The Balaban J connectivity index is 1.42. The van der Waals surface area contributed by atoms with Crippen LogP contribution in [-0.4, -0.2) is 54.2 Å². The molecule has 34 heavy (non-hydrogen) atoms. The highest BCUT2D eigenvalue weighted by Crippen LogP contribution is 2.29. The molecule has 2 N–H and O–H groups in total. The smallest absolute Gasteiger partial charge is 0.259 e. The number of piperidine rings is 2. The second kappa shape index (κ2) is 10.9. The van der Waals surface area contributed by atoms with E-state index in [0.717, 1.165) is 44.6 Å². The average molecular weight is 476 g/mol. The molecule has 2 aliphatic rings. The third-order valence-electron chi connectivity index (χ3n) is 7.07. The molecule has 0 aliphatic carbocycles. The van der Waals surface area contributed by atoms with E-state index in [2.05, 4.69) is 22.3 Å². The van der Waals surface area contributed by atoms with Gasteiger partial charge in [-0.1, -0.05) is 30.3 Å². The molecule has 2 saturated heterocycles. The Morgan fingerprint density at radius 2 is 1.68 bits per heavy atom. The molecule has 1 amide bonds. The van der Waals surface area contributed by atoms with Gasteiger partial charge >= 0.3 is 0 Å². The highest BCUT2D eigenvalue weighted by atomic mass is 19.2. The van der Waals surface area contributed by atoms with Crippen LogP contribution in [0.3, 0.4) is 0 Å². The molecule has 0 aromatic heterocycles. The van der Waals surface area contributed by atoms with Crippen molar-refractivity contribution in [3.63, 3.8) is 0 Å². The van der Waals surface area contributed by atoms with Crippen LogP contribution in [0.2, 0.25) is 0 Å². The first kappa shape index (κ1) is 24.7. The largest absolute Gasteiger partial charge is 0.380 e. The second-order valence-electron chi connectivity index (χ2n) is 9.46. The summed E-state index contributed by atoms with van der Waals surface area (Å²) in [5, 5.41) is 14.1. The Labute approximate surface area is 198 Å². The van der Waals surface area contributed by atoms with E-state index in [4.69, 9.17) is 0 Å². The van der Waals surface area contributed by atoms with Gasteiger partial charge in [0, 0.05) is 30.9 Å². The van der Waals surface area contributed by atoms with Crippen molar-refractivity contribution in [2.75, 3.05) is 37.6 Å². The molecule has 2 aromatic rings. The molecule has 2 heterocycles. The van der Waals surface area contributed by atoms with Crippen LogP contribution in [0, 0.1) is 23.4 Å². The van der Waals surface area contributed by atoms with Crippen LogP contribution in [0.1, 0.15) is 37.7 Å². The molecular weight excluding hydrogens is 443 g/mol. The average Bonchev–Trinajstić information content (AvgIpc) is 2.84. The van der Waals surface area contributed by atoms with Gasteiger partial charge in [0.2, 0.25) is 0 Å². The van der Waals surface area contributed by atoms with Crippen LogP contribution in [-0.2, 0) is 11.3 Å². The summed E-state index contributed by atoms with van der Waals surface area (Å²) in [6.07, 6.45) is 2.98. The SMILES string of the molecule is O=C(N(CCC1CCN(Cc2ccccc2)CC1)c1cc(F)c(F)c(F)c1)C1(O)CCNCC1. The first-order valence-electron chi connectivity index (χ1n) is 12.0. The molecule has 0 unspecified atom stereocenters. The van der Waals surface area contributed by atoms with Gasteiger partial charge in [-0.3, -0.25) is 9.69 Å². The lowest BCUT2D eigenvalue weighted by molar-refractivity contribution is -0.139. The maximum atomic E-state index is 14.0. The van der Waals surface area contributed by atoms with E-state index in [1.54, 1.807) is 0 Å². The zero-order valence-corrected chi connectivity index (χ0v) is 19.3. The van der Waals surface area contributed by atoms with Gasteiger partial charge in [-0.15, -0.1) is 0 Å². The second-order valence-corrected chi connectivity index (χ2v) is 9.46. The monoisotopic (exact) mass is 475 g/mol. The van der Waals surface area contributed by atoms with E-state index in [-0.39, 0.29) is 25.1 Å². The van der Waals surface area contributed by atoms with Crippen molar-refractivity contribution in [3.05, 3.63) is 65.5 Å². The molecule has 0 spiro atoms. The van der Waals surface area contributed by atoms with Crippen LogP contribution in [0.25, 0.3) is 0 Å². The van der Waals surface area contributed by atoms with E-state index >= 15 is 0 Å². The molecule has 2 aliphatic heterocycles. The number of nitrogens with zero attached hydrogens (tertiary/aromatic N) is 2. The lowest BCUT2D eigenvalue weighted by Gasteiger charge is -2.37. The molecule has 5 nitrogen and oxygen atoms in total. The number of hydrogen-bond donors (Lipinski definition) is 2. The van der Waals surface area contributed by atoms with Crippen molar-refractivity contribution in [2.45, 2.75) is 44.2 Å². The minimum absolute atomic E-state index is 0.0603. The molecule has 0 saturated carbocycles. The highest BCUT2D eigenvalue weighted by Gasteiger charge is 2.41. The maximum absolute atomic E-state index is 14.0. The molecule has 184 valence electrons. The van der Waals surface area contributed by atoms with Gasteiger partial charge in [-0.25, -0.2) is 13.2 Å². The number of anilines is 1. The summed E-state index contributed by atoms with van der Waals surface area (Å²) in [5.74, 6) is -4.50. The van der Waals surface area contributed by atoms with Gasteiger partial charge in [0.05, 0.1) is 0 Å². The topological polar surface area (TPSA) is 55.8 Å². The number of hydrogen-bond acceptors (Lipinski definition) is 4. The van der Waals surface area contributed by atoms with Gasteiger partial charge < -0.3 is 15.3 Å². The van der Waals surface area contributed by atoms with Crippen molar-refractivity contribution in [1.29, 1.82) is 0 Å². The zero-order valence-electron chi connectivity index (χ0n) is 19.3.